The summed E-state index contributed by atoms with van der Waals surface area (Å²) in [6.45, 7) is 4.00. The molecule has 1 N–H and O–H groups in total. The molecule has 0 bridgehead atoms. The fraction of sp³-hybridized carbons (Fsp3) is 0.214. The van der Waals surface area contributed by atoms with Crippen LogP contribution < -0.4 is 5.32 Å². The maximum Gasteiger partial charge on any atom is 0.226 e. The Morgan fingerprint density at radius 1 is 1.43 bits per heavy atom. The van der Waals surface area contributed by atoms with Crippen LogP contribution in [-0.2, 0) is 11.2 Å². The van der Waals surface area contributed by atoms with Crippen molar-refractivity contribution in [3.05, 3.63) is 46.1 Å². The molecule has 0 aromatic carbocycles. The zero-order chi connectivity index (χ0) is 15.1. The molecule has 21 heavy (non-hydrogen) atoms. The average Bonchev–Trinajstić information content (AvgIpc) is 3.14. The molecule has 1 amide bonds. The predicted molar refractivity (Wildman–Crippen MR) is 88.4 cm³/mol. The summed E-state index contributed by atoms with van der Waals surface area (Å²) in [6.07, 6.45) is 1.89. The third-order valence-electron chi connectivity index (χ3n) is 2.44. The molecule has 0 saturated carbocycles. The van der Waals surface area contributed by atoms with Gasteiger partial charge in [-0.15, -0.1) is 29.3 Å². The Morgan fingerprint density at radius 2 is 2.29 bits per heavy atom. The van der Waals surface area contributed by atoms with Crippen molar-refractivity contribution < 1.29 is 9.59 Å². The minimum atomic E-state index is -0.0774. The summed E-state index contributed by atoms with van der Waals surface area (Å²) < 4.78 is 0.812. The van der Waals surface area contributed by atoms with Crippen molar-refractivity contribution in [3.8, 4) is 0 Å². The molecule has 2 aromatic heterocycles. The van der Waals surface area contributed by atoms with Gasteiger partial charge in [-0.3, -0.25) is 9.59 Å². The second-order valence-electron chi connectivity index (χ2n) is 4.06. The molecule has 0 aliphatic carbocycles. The Hall–Kier alpha value is -1.44. The summed E-state index contributed by atoms with van der Waals surface area (Å²) in [4.78, 5) is 28.5. The van der Waals surface area contributed by atoms with Gasteiger partial charge < -0.3 is 5.32 Å². The largest absolute Gasteiger partial charge is 0.352 e. The molecule has 0 aliphatic rings. The van der Waals surface area contributed by atoms with Crippen LogP contribution >= 0.6 is 34.4 Å². The monoisotopic (exact) mass is 338 g/mol. The molecular formula is C14H14N2O2S3. The van der Waals surface area contributed by atoms with Crippen LogP contribution in [-0.4, -0.2) is 29.0 Å². The Kier molecular flexibility index (Phi) is 6.16. The molecule has 0 atom stereocenters. The van der Waals surface area contributed by atoms with E-state index in [0.29, 0.717) is 12.3 Å². The van der Waals surface area contributed by atoms with Gasteiger partial charge in [0.25, 0.3) is 0 Å². The van der Waals surface area contributed by atoms with Crippen molar-refractivity contribution in [2.24, 2.45) is 0 Å². The minimum Gasteiger partial charge on any atom is -0.352 e. The van der Waals surface area contributed by atoms with Gasteiger partial charge in [0.1, 0.15) is 0 Å². The number of nitrogens with zero attached hydrogens (tertiary/aromatic N) is 1. The smallest absolute Gasteiger partial charge is 0.226 e. The first-order valence-corrected chi connectivity index (χ1v) is 8.95. The molecule has 2 rings (SSSR count). The van der Waals surface area contributed by atoms with Crippen molar-refractivity contribution in [1.82, 2.24) is 10.3 Å². The van der Waals surface area contributed by atoms with E-state index in [1.54, 1.807) is 6.08 Å². The van der Waals surface area contributed by atoms with E-state index >= 15 is 0 Å². The van der Waals surface area contributed by atoms with Gasteiger partial charge in [-0.2, -0.15) is 0 Å². The van der Waals surface area contributed by atoms with Gasteiger partial charge in [0.05, 0.1) is 22.7 Å². The molecule has 7 heteroatoms. The number of hydrogen-bond donors (Lipinski definition) is 1. The highest BCUT2D eigenvalue weighted by Crippen LogP contribution is 2.24. The molecule has 0 fully saturated rings. The van der Waals surface area contributed by atoms with E-state index in [0.717, 1.165) is 14.9 Å². The Labute approximate surface area is 135 Å². The number of aromatic nitrogens is 1. The van der Waals surface area contributed by atoms with E-state index in [2.05, 4.69) is 16.9 Å². The van der Waals surface area contributed by atoms with Crippen molar-refractivity contribution >= 4 is 46.1 Å². The van der Waals surface area contributed by atoms with Crippen LogP contribution in [0.5, 0.6) is 0 Å². The maximum atomic E-state index is 11.9. The average molecular weight is 338 g/mol. The lowest BCUT2D eigenvalue weighted by Gasteiger charge is -1.99. The van der Waals surface area contributed by atoms with Crippen LogP contribution in [0.4, 0.5) is 0 Å². The van der Waals surface area contributed by atoms with Crippen LogP contribution in [0, 0.1) is 0 Å². The highest BCUT2D eigenvalue weighted by molar-refractivity contribution is 8.01. The van der Waals surface area contributed by atoms with Gasteiger partial charge in [-0.05, 0) is 11.4 Å². The standard InChI is InChI=1S/C14H14N2O2S3/c1-2-5-15-13(18)7-10-8-20-14(16-10)21-9-11(17)12-4-3-6-19-12/h2-4,6,8H,1,5,7,9H2,(H,15,18). The fourth-order valence-electron chi connectivity index (χ4n) is 1.48. The molecule has 0 aliphatic heterocycles. The van der Waals surface area contributed by atoms with Crippen molar-refractivity contribution in [3.63, 3.8) is 0 Å². The molecule has 0 unspecified atom stereocenters. The number of thiophene rings is 1. The predicted octanol–water partition coefficient (Wildman–Crippen LogP) is 3.02. The van der Waals surface area contributed by atoms with E-state index in [4.69, 9.17) is 0 Å². The van der Waals surface area contributed by atoms with Gasteiger partial charge in [-0.25, -0.2) is 4.98 Å². The van der Waals surface area contributed by atoms with Crippen molar-refractivity contribution in [2.45, 2.75) is 10.8 Å². The highest BCUT2D eigenvalue weighted by atomic mass is 32.2. The van der Waals surface area contributed by atoms with Gasteiger partial charge in [0.2, 0.25) is 5.91 Å². The lowest BCUT2D eigenvalue weighted by molar-refractivity contribution is -0.120. The SMILES string of the molecule is C=CCNC(=O)Cc1csc(SCC(=O)c2cccs2)n1. The van der Waals surface area contributed by atoms with Crippen molar-refractivity contribution in [1.29, 1.82) is 0 Å². The third kappa shape index (κ3) is 5.11. The minimum absolute atomic E-state index is 0.0774. The normalized spacial score (nSPS) is 10.3. The number of rotatable bonds is 8. The Bertz CT molecular complexity index is 620. The summed E-state index contributed by atoms with van der Waals surface area (Å²) in [5, 5.41) is 6.45. The highest BCUT2D eigenvalue weighted by Gasteiger charge is 2.11. The van der Waals surface area contributed by atoms with E-state index < -0.39 is 0 Å². The number of amides is 1. The van der Waals surface area contributed by atoms with Gasteiger partial charge in [0, 0.05) is 11.9 Å². The Balaban J connectivity index is 1.81. The molecule has 4 nitrogen and oxygen atoms in total. The van der Waals surface area contributed by atoms with Crippen LogP contribution in [0.3, 0.4) is 0 Å². The zero-order valence-electron chi connectivity index (χ0n) is 11.2. The summed E-state index contributed by atoms with van der Waals surface area (Å²) in [5.74, 6) is 0.401. The number of thioether (sulfide) groups is 1. The van der Waals surface area contributed by atoms with E-state index in [1.807, 2.05) is 22.9 Å². The molecule has 2 heterocycles. The summed E-state index contributed by atoms with van der Waals surface area (Å²) in [7, 11) is 0. The number of thiazole rings is 1. The molecule has 110 valence electrons. The first-order chi connectivity index (χ1) is 10.2. The third-order valence-corrected chi connectivity index (χ3v) is 5.42. The quantitative estimate of drug-likeness (QED) is 0.457. The van der Waals surface area contributed by atoms with E-state index in [9.17, 15) is 9.59 Å². The molecular weight excluding hydrogens is 324 g/mol. The van der Waals surface area contributed by atoms with Crippen LogP contribution in [0.25, 0.3) is 0 Å². The van der Waals surface area contributed by atoms with Gasteiger partial charge >= 0.3 is 0 Å². The number of ketones is 1. The number of hydrogen-bond acceptors (Lipinski definition) is 6. The van der Waals surface area contributed by atoms with E-state index in [-0.39, 0.29) is 18.1 Å². The second kappa shape index (κ2) is 8.11. The number of Topliss-reactive ketones (excluding diaryl/α,β-unsaturated/α-hetero) is 1. The van der Waals surface area contributed by atoms with Gasteiger partial charge in [0.15, 0.2) is 10.1 Å². The molecule has 0 radical (unpaired) electrons. The lowest BCUT2D eigenvalue weighted by atomic mass is 10.3. The summed E-state index contributed by atoms with van der Waals surface area (Å²) in [6, 6.07) is 3.69. The van der Waals surface area contributed by atoms with Crippen LogP contribution in [0.15, 0.2) is 39.9 Å². The lowest BCUT2D eigenvalue weighted by Crippen LogP contribution is -2.25. The fourth-order valence-corrected chi connectivity index (χ4v) is 3.97. The summed E-state index contributed by atoms with van der Waals surface area (Å²) in [5.41, 5.74) is 0.729. The number of carbonyl (C=O) groups excluding carboxylic acids is 2. The van der Waals surface area contributed by atoms with Gasteiger partial charge in [-0.1, -0.05) is 23.9 Å². The topological polar surface area (TPSA) is 59.1 Å². The van der Waals surface area contributed by atoms with Crippen LogP contribution in [0.2, 0.25) is 0 Å². The summed E-state index contributed by atoms with van der Waals surface area (Å²) >= 11 is 4.31. The number of nitrogens with one attached hydrogen (secondary N) is 1. The van der Waals surface area contributed by atoms with Crippen LogP contribution in [0.1, 0.15) is 15.4 Å². The zero-order valence-corrected chi connectivity index (χ0v) is 13.7. The molecule has 0 spiro atoms. The maximum absolute atomic E-state index is 11.9. The first-order valence-electron chi connectivity index (χ1n) is 6.20. The second-order valence-corrected chi connectivity index (χ2v) is 7.09. The number of carbonyl (C=O) groups is 2. The van der Waals surface area contributed by atoms with E-state index in [1.165, 1.54) is 34.4 Å². The molecule has 0 saturated heterocycles. The molecule has 2 aromatic rings. The van der Waals surface area contributed by atoms with Crippen molar-refractivity contribution in [2.75, 3.05) is 12.3 Å². The first kappa shape index (κ1) is 15.9. The Morgan fingerprint density at radius 3 is 3.00 bits per heavy atom.